The van der Waals surface area contributed by atoms with Crippen LogP contribution in [0.5, 0.6) is 0 Å². The van der Waals surface area contributed by atoms with Gasteiger partial charge in [0, 0.05) is 22.4 Å². The van der Waals surface area contributed by atoms with Crippen LogP contribution in [0.2, 0.25) is 5.02 Å². The largest absolute Gasteiger partial charge is 0.303 e. The molecule has 6 heteroatoms. The second-order valence-corrected chi connectivity index (χ2v) is 6.92. The standard InChI is InChI=1S/C19H16ClN5/c1-11-15-10-13(4-7-16(15)22-21-11)19-24-23-18-9-8-17(25(18)19)12-2-5-14(20)6-3-12/h2-7,10,17H,8-9H2,1H3,(H,21,22)/t17-/m1/s1. The van der Waals surface area contributed by atoms with E-state index in [0.717, 1.165) is 51.7 Å². The lowest BCUT2D eigenvalue weighted by Crippen LogP contribution is -2.07. The Labute approximate surface area is 149 Å². The Hall–Kier alpha value is -2.66. The lowest BCUT2D eigenvalue weighted by Gasteiger charge is -2.16. The van der Waals surface area contributed by atoms with Gasteiger partial charge in [-0.3, -0.25) is 5.10 Å². The zero-order valence-electron chi connectivity index (χ0n) is 13.7. The van der Waals surface area contributed by atoms with Gasteiger partial charge in [0.2, 0.25) is 0 Å². The average Bonchev–Trinajstić information content (AvgIpc) is 3.31. The van der Waals surface area contributed by atoms with Gasteiger partial charge in [-0.05, 0) is 49.2 Å². The Morgan fingerprint density at radius 1 is 1.12 bits per heavy atom. The molecule has 0 fully saturated rings. The summed E-state index contributed by atoms with van der Waals surface area (Å²) in [5.74, 6) is 1.95. The highest BCUT2D eigenvalue weighted by Gasteiger charge is 2.29. The molecule has 1 N–H and O–H groups in total. The van der Waals surface area contributed by atoms with Crippen LogP contribution in [0.3, 0.4) is 0 Å². The van der Waals surface area contributed by atoms with Gasteiger partial charge >= 0.3 is 0 Å². The summed E-state index contributed by atoms with van der Waals surface area (Å²) in [5, 5.41) is 18.1. The lowest BCUT2D eigenvalue weighted by atomic mass is 10.0. The topological polar surface area (TPSA) is 59.4 Å². The number of nitrogens with zero attached hydrogens (tertiary/aromatic N) is 4. The van der Waals surface area contributed by atoms with Crippen molar-refractivity contribution in [2.75, 3.05) is 0 Å². The summed E-state index contributed by atoms with van der Waals surface area (Å²) in [6.07, 6.45) is 1.97. The van der Waals surface area contributed by atoms with Crippen molar-refractivity contribution in [2.45, 2.75) is 25.8 Å². The summed E-state index contributed by atoms with van der Waals surface area (Å²) >= 11 is 6.04. The number of rotatable bonds is 2. The Bertz CT molecular complexity index is 1080. The molecule has 2 aromatic carbocycles. The van der Waals surface area contributed by atoms with Crippen molar-refractivity contribution in [3.05, 3.63) is 64.6 Å². The zero-order chi connectivity index (χ0) is 17.0. The van der Waals surface area contributed by atoms with Crippen LogP contribution in [-0.4, -0.2) is 25.0 Å². The first-order valence-electron chi connectivity index (χ1n) is 8.35. The normalized spacial score (nSPS) is 16.5. The summed E-state index contributed by atoms with van der Waals surface area (Å²) in [5.41, 5.74) is 4.34. The molecule has 124 valence electrons. The van der Waals surface area contributed by atoms with E-state index in [9.17, 15) is 0 Å². The molecule has 0 radical (unpaired) electrons. The molecule has 1 aliphatic rings. The van der Waals surface area contributed by atoms with E-state index in [1.54, 1.807) is 0 Å². The number of nitrogens with one attached hydrogen (secondary N) is 1. The molecule has 1 atom stereocenters. The molecular weight excluding hydrogens is 334 g/mol. The monoisotopic (exact) mass is 349 g/mol. The van der Waals surface area contributed by atoms with Gasteiger partial charge in [-0.15, -0.1) is 10.2 Å². The van der Waals surface area contributed by atoms with Crippen molar-refractivity contribution in [3.8, 4) is 11.4 Å². The van der Waals surface area contributed by atoms with E-state index in [1.807, 2.05) is 19.1 Å². The van der Waals surface area contributed by atoms with Gasteiger partial charge in [-0.1, -0.05) is 23.7 Å². The number of benzene rings is 2. The van der Waals surface area contributed by atoms with Gasteiger partial charge in [-0.25, -0.2) is 0 Å². The molecule has 0 amide bonds. The highest BCUT2D eigenvalue weighted by Crippen LogP contribution is 2.36. The maximum Gasteiger partial charge on any atom is 0.164 e. The third-order valence-corrected chi connectivity index (χ3v) is 5.24. The molecule has 4 aromatic rings. The lowest BCUT2D eigenvalue weighted by molar-refractivity contribution is 0.622. The second kappa shape index (κ2) is 5.43. The number of fused-ring (bicyclic) bond motifs is 2. The molecule has 3 heterocycles. The number of aromatic amines is 1. The Kier molecular flexibility index (Phi) is 3.18. The summed E-state index contributed by atoms with van der Waals surface area (Å²) in [7, 11) is 0. The number of hydrogen-bond donors (Lipinski definition) is 1. The highest BCUT2D eigenvalue weighted by atomic mass is 35.5. The summed E-state index contributed by atoms with van der Waals surface area (Å²) in [4.78, 5) is 0. The van der Waals surface area contributed by atoms with E-state index in [1.165, 1.54) is 5.56 Å². The van der Waals surface area contributed by atoms with Crippen molar-refractivity contribution < 1.29 is 0 Å². The molecule has 0 bridgehead atoms. The molecule has 0 saturated heterocycles. The highest BCUT2D eigenvalue weighted by molar-refractivity contribution is 6.30. The Balaban J connectivity index is 1.64. The quantitative estimate of drug-likeness (QED) is 0.586. The fraction of sp³-hybridized carbons (Fsp3) is 0.211. The second-order valence-electron chi connectivity index (χ2n) is 6.49. The predicted molar refractivity (Wildman–Crippen MR) is 97.8 cm³/mol. The van der Waals surface area contributed by atoms with Crippen molar-refractivity contribution in [2.24, 2.45) is 0 Å². The molecule has 5 rings (SSSR count). The van der Waals surface area contributed by atoms with E-state index in [4.69, 9.17) is 11.6 Å². The minimum absolute atomic E-state index is 0.249. The van der Waals surface area contributed by atoms with Crippen LogP contribution in [0.1, 0.15) is 29.5 Å². The predicted octanol–water partition coefficient (Wildman–Crippen LogP) is 4.32. The fourth-order valence-corrected chi connectivity index (χ4v) is 3.82. The number of aryl methyl sites for hydroxylation is 2. The van der Waals surface area contributed by atoms with Crippen LogP contribution in [0.25, 0.3) is 22.3 Å². The van der Waals surface area contributed by atoms with Crippen molar-refractivity contribution >= 4 is 22.5 Å². The van der Waals surface area contributed by atoms with Crippen LogP contribution in [0, 0.1) is 6.92 Å². The van der Waals surface area contributed by atoms with Gasteiger partial charge in [-0.2, -0.15) is 5.10 Å². The van der Waals surface area contributed by atoms with Crippen molar-refractivity contribution in [1.29, 1.82) is 0 Å². The number of halogens is 1. The van der Waals surface area contributed by atoms with E-state index in [0.29, 0.717) is 0 Å². The maximum absolute atomic E-state index is 6.04. The molecule has 5 nitrogen and oxygen atoms in total. The summed E-state index contributed by atoms with van der Waals surface area (Å²) in [6, 6.07) is 14.6. The molecule has 0 spiro atoms. The van der Waals surface area contributed by atoms with Crippen molar-refractivity contribution in [1.82, 2.24) is 25.0 Å². The van der Waals surface area contributed by atoms with Crippen LogP contribution in [-0.2, 0) is 6.42 Å². The van der Waals surface area contributed by atoms with E-state index >= 15 is 0 Å². The number of aromatic nitrogens is 5. The third-order valence-electron chi connectivity index (χ3n) is 4.99. The van der Waals surface area contributed by atoms with Crippen LogP contribution in [0.4, 0.5) is 0 Å². The molecule has 1 aliphatic heterocycles. The molecule has 2 aromatic heterocycles. The zero-order valence-corrected chi connectivity index (χ0v) is 14.5. The minimum Gasteiger partial charge on any atom is -0.303 e. The molecule has 0 unspecified atom stereocenters. The Morgan fingerprint density at radius 2 is 1.96 bits per heavy atom. The smallest absolute Gasteiger partial charge is 0.164 e. The molecule has 25 heavy (non-hydrogen) atoms. The SMILES string of the molecule is Cc1n[nH]c2ccc(-c3nnc4n3[C@@H](c3ccc(Cl)cc3)CC4)cc12. The van der Waals surface area contributed by atoms with E-state index in [2.05, 4.69) is 55.3 Å². The molecule has 0 saturated carbocycles. The first-order valence-corrected chi connectivity index (χ1v) is 8.73. The minimum atomic E-state index is 0.249. The molecular formula is C19H16ClN5. The summed E-state index contributed by atoms with van der Waals surface area (Å²) in [6.45, 7) is 2.01. The summed E-state index contributed by atoms with van der Waals surface area (Å²) < 4.78 is 2.26. The van der Waals surface area contributed by atoms with E-state index < -0.39 is 0 Å². The van der Waals surface area contributed by atoms with Crippen LogP contribution < -0.4 is 0 Å². The third kappa shape index (κ3) is 2.27. The number of hydrogen-bond acceptors (Lipinski definition) is 3. The molecule has 0 aliphatic carbocycles. The maximum atomic E-state index is 6.04. The van der Waals surface area contributed by atoms with Gasteiger partial charge < -0.3 is 4.57 Å². The average molecular weight is 350 g/mol. The van der Waals surface area contributed by atoms with Crippen molar-refractivity contribution in [3.63, 3.8) is 0 Å². The van der Waals surface area contributed by atoms with Crippen LogP contribution >= 0.6 is 11.6 Å². The number of H-pyrrole nitrogens is 1. The van der Waals surface area contributed by atoms with Gasteiger partial charge in [0.05, 0.1) is 17.3 Å². The first-order chi connectivity index (χ1) is 12.2. The van der Waals surface area contributed by atoms with Crippen LogP contribution in [0.15, 0.2) is 42.5 Å². The van der Waals surface area contributed by atoms with Gasteiger partial charge in [0.15, 0.2) is 5.82 Å². The Morgan fingerprint density at radius 3 is 2.80 bits per heavy atom. The fourth-order valence-electron chi connectivity index (χ4n) is 3.70. The first kappa shape index (κ1) is 14.7. The van der Waals surface area contributed by atoms with Gasteiger partial charge in [0.25, 0.3) is 0 Å². The van der Waals surface area contributed by atoms with E-state index in [-0.39, 0.29) is 6.04 Å². The van der Waals surface area contributed by atoms with Gasteiger partial charge in [0.1, 0.15) is 5.82 Å².